The van der Waals surface area contributed by atoms with Crippen molar-refractivity contribution in [2.75, 3.05) is 6.61 Å². The molecule has 0 N–H and O–H groups in total. The third kappa shape index (κ3) is 3.51. The fourth-order valence-corrected chi connectivity index (χ4v) is 2.00. The lowest BCUT2D eigenvalue weighted by Crippen LogP contribution is -2.18. The van der Waals surface area contributed by atoms with Crippen molar-refractivity contribution in [1.82, 2.24) is 9.78 Å². The normalized spacial score (nSPS) is 12.3. The summed E-state index contributed by atoms with van der Waals surface area (Å²) in [5, 5.41) is 4.23. The second kappa shape index (κ2) is 6.29. The number of benzene rings is 1. The summed E-state index contributed by atoms with van der Waals surface area (Å²) in [6, 6.07) is 11.4. The van der Waals surface area contributed by atoms with Gasteiger partial charge in [0.15, 0.2) is 5.78 Å². The van der Waals surface area contributed by atoms with Gasteiger partial charge in [-0.2, -0.15) is 5.10 Å². The molecule has 1 atom stereocenters. The first-order chi connectivity index (χ1) is 9.20. The molecule has 0 spiro atoms. The Kier molecular flexibility index (Phi) is 4.47. The molecule has 19 heavy (non-hydrogen) atoms. The van der Waals surface area contributed by atoms with Gasteiger partial charge in [0.05, 0.1) is 12.1 Å². The van der Waals surface area contributed by atoms with Crippen molar-refractivity contribution in [3.05, 3.63) is 53.9 Å². The highest BCUT2D eigenvalue weighted by Gasteiger charge is 2.21. The summed E-state index contributed by atoms with van der Waals surface area (Å²) < 4.78 is 7.28. The average Bonchev–Trinajstić information content (AvgIpc) is 2.82. The fraction of sp³-hybridized carbons (Fsp3) is 0.333. The molecule has 0 bridgehead atoms. The number of carbonyl (C=O) groups is 1. The third-order valence-corrected chi connectivity index (χ3v) is 2.85. The van der Waals surface area contributed by atoms with E-state index in [1.54, 1.807) is 4.68 Å². The van der Waals surface area contributed by atoms with Crippen LogP contribution < -0.4 is 0 Å². The van der Waals surface area contributed by atoms with Crippen LogP contribution in [0.2, 0.25) is 0 Å². The molecule has 2 rings (SSSR count). The van der Waals surface area contributed by atoms with Gasteiger partial charge in [-0.3, -0.25) is 9.48 Å². The molecule has 1 aromatic carbocycles. The highest BCUT2D eigenvalue weighted by molar-refractivity contribution is 5.86. The Morgan fingerprint density at radius 3 is 2.63 bits per heavy atom. The monoisotopic (exact) mass is 258 g/mol. The zero-order valence-electron chi connectivity index (χ0n) is 11.2. The summed E-state index contributed by atoms with van der Waals surface area (Å²) in [5.41, 5.74) is 1.67. The number of hydrogen-bond donors (Lipinski definition) is 0. The lowest BCUT2D eigenvalue weighted by Gasteiger charge is -2.15. The summed E-state index contributed by atoms with van der Waals surface area (Å²) in [7, 11) is 1.84. The van der Waals surface area contributed by atoms with E-state index in [4.69, 9.17) is 4.74 Å². The van der Waals surface area contributed by atoms with Gasteiger partial charge in [-0.05, 0) is 18.6 Å². The quantitative estimate of drug-likeness (QED) is 0.798. The van der Waals surface area contributed by atoms with Crippen LogP contribution in [0.15, 0.2) is 42.6 Å². The maximum Gasteiger partial charge on any atom is 0.172 e. The van der Waals surface area contributed by atoms with Gasteiger partial charge in [-0.25, -0.2) is 0 Å². The average molecular weight is 258 g/mol. The summed E-state index contributed by atoms with van der Waals surface area (Å²) in [6.07, 6.45) is 1.62. The minimum atomic E-state index is -0.506. The molecule has 1 unspecified atom stereocenters. The van der Waals surface area contributed by atoms with Crippen molar-refractivity contribution >= 4 is 5.78 Å². The van der Waals surface area contributed by atoms with E-state index in [-0.39, 0.29) is 5.78 Å². The molecular formula is C15H18N2O2. The van der Waals surface area contributed by atoms with Crippen LogP contribution in [0.5, 0.6) is 0 Å². The Bertz CT molecular complexity index is 534. The number of Topliss-reactive ketones (excluding diaryl/α,β-unsaturated/α-hetero) is 1. The Morgan fingerprint density at radius 1 is 1.32 bits per heavy atom. The van der Waals surface area contributed by atoms with Crippen LogP contribution >= 0.6 is 0 Å². The van der Waals surface area contributed by atoms with Crippen LogP contribution in [-0.2, 0) is 23.0 Å². The van der Waals surface area contributed by atoms with E-state index in [9.17, 15) is 4.79 Å². The number of nitrogens with zero attached hydrogens (tertiary/aromatic N) is 2. The minimum absolute atomic E-state index is 0.0340. The van der Waals surface area contributed by atoms with E-state index in [0.29, 0.717) is 13.0 Å². The number of aryl methyl sites for hydroxylation is 1. The van der Waals surface area contributed by atoms with Gasteiger partial charge in [0.25, 0.3) is 0 Å². The number of ketones is 1. The van der Waals surface area contributed by atoms with E-state index in [2.05, 4.69) is 5.10 Å². The van der Waals surface area contributed by atoms with Crippen molar-refractivity contribution in [2.24, 2.45) is 7.05 Å². The predicted octanol–water partition coefficient (Wildman–Crippen LogP) is 2.31. The van der Waals surface area contributed by atoms with Crippen molar-refractivity contribution in [2.45, 2.75) is 19.4 Å². The molecule has 100 valence electrons. The SMILES string of the molecule is CCOC(C(=O)Cc1ccn(C)n1)c1ccccc1. The number of ether oxygens (including phenoxy) is 1. The maximum atomic E-state index is 12.3. The topological polar surface area (TPSA) is 44.1 Å². The highest BCUT2D eigenvalue weighted by Crippen LogP contribution is 2.19. The molecule has 0 radical (unpaired) electrons. The van der Waals surface area contributed by atoms with Crippen molar-refractivity contribution < 1.29 is 9.53 Å². The van der Waals surface area contributed by atoms with Crippen LogP contribution in [0.4, 0.5) is 0 Å². The summed E-state index contributed by atoms with van der Waals surface area (Å²) in [4.78, 5) is 12.3. The zero-order valence-corrected chi connectivity index (χ0v) is 11.2. The molecule has 0 saturated carbocycles. The second-order valence-corrected chi connectivity index (χ2v) is 4.37. The molecule has 0 saturated heterocycles. The molecule has 4 heteroatoms. The number of aromatic nitrogens is 2. The summed E-state index contributed by atoms with van der Waals surface area (Å²) in [6.45, 7) is 2.40. The van der Waals surface area contributed by atoms with Gasteiger partial charge >= 0.3 is 0 Å². The molecule has 0 aliphatic heterocycles. The first-order valence-corrected chi connectivity index (χ1v) is 6.38. The van der Waals surface area contributed by atoms with Crippen LogP contribution in [-0.4, -0.2) is 22.2 Å². The van der Waals surface area contributed by atoms with Gasteiger partial charge in [-0.15, -0.1) is 0 Å². The van der Waals surface area contributed by atoms with E-state index in [0.717, 1.165) is 11.3 Å². The second-order valence-electron chi connectivity index (χ2n) is 4.37. The Labute approximate surface area is 113 Å². The molecule has 0 aliphatic rings. The maximum absolute atomic E-state index is 12.3. The molecule has 2 aromatic rings. The highest BCUT2D eigenvalue weighted by atomic mass is 16.5. The van der Waals surface area contributed by atoms with E-state index < -0.39 is 6.10 Å². The Hall–Kier alpha value is -1.94. The predicted molar refractivity (Wildman–Crippen MR) is 72.7 cm³/mol. The van der Waals surface area contributed by atoms with Gasteiger partial charge < -0.3 is 4.74 Å². The van der Waals surface area contributed by atoms with E-state index >= 15 is 0 Å². The minimum Gasteiger partial charge on any atom is -0.366 e. The van der Waals surface area contributed by atoms with Crippen LogP contribution in [0.25, 0.3) is 0 Å². The van der Waals surface area contributed by atoms with Crippen LogP contribution in [0, 0.1) is 0 Å². The van der Waals surface area contributed by atoms with E-state index in [1.807, 2.05) is 56.6 Å². The molecule has 0 amide bonds. The smallest absolute Gasteiger partial charge is 0.172 e. The number of rotatable bonds is 6. The van der Waals surface area contributed by atoms with Crippen LogP contribution in [0.3, 0.4) is 0 Å². The Balaban J connectivity index is 2.13. The van der Waals surface area contributed by atoms with Gasteiger partial charge in [-0.1, -0.05) is 30.3 Å². The lowest BCUT2D eigenvalue weighted by atomic mass is 10.0. The Morgan fingerprint density at radius 2 is 2.05 bits per heavy atom. The summed E-state index contributed by atoms with van der Waals surface area (Å²) in [5.74, 6) is 0.0340. The molecule has 1 heterocycles. The standard InChI is InChI=1S/C15H18N2O2/c1-3-19-15(12-7-5-4-6-8-12)14(18)11-13-9-10-17(2)16-13/h4-10,15H,3,11H2,1-2H3. The number of hydrogen-bond acceptors (Lipinski definition) is 3. The van der Waals surface area contributed by atoms with Crippen molar-refractivity contribution in [3.8, 4) is 0 Å². The molecule has 1 aromatic heterocycles. The molecule has 4 nitrogen and oxygen atoms in total. The van der Waals surface area contributed by atoms with Crippen LogP contribution in [0.1, 0.15) is 24.3 Å². The van der Waals surface area contributed by atoms with Gasteiger partial charge in [0, 0.05) is 19.9 Å². The van der Waals surface area contributed by atoms with Crippen molar-refractivity contribution in [3.63, 3.8) is 0 Å². The molecule has 0 fully saturated rings. The van der Waals surface area contributed by atoms with Crippen molar-refractivity contribution in [1.29, 1.82) is 0 Å². The largest absolute Gasteiger partial charge is 0.366 e. The fourth-order valence-electron chi connectivity index (χ4n) is 2.00. The third-order valence-electron chi connectivity index (χ3n) is 2.85. The first-order valence-electron chi connectivity index (χ1n) is 6.38. The summed E-state index contributed by atoms with van der Waals surface area (Å²) >= 11 is 0. The molecular weight excluding hydrogens is 240 g/mol. The zero-order chi connectivity index (χ0) is 13.7. The van der Waals surface area contributed by atoms with Gasteiger partial charge in [0.1, 0.15) is 6.10 Å². The first kappa shape index (κ1) is 13.5. The van der Waals surface area contributed by atoms with Gasteiger partial charge in [0.2, 0.25) is 0 Å². The van der Waals surface area contributed by atoms with E-state index in [1.165, 1.54) is 0 Å². The number of carbonyl (C=O) groups excluding carboxylic acids is 1. The lowest BCUT2D eigenvalue weighted by molar-refractivity contribution is -0.130. The molecule has 0 aliphatic carbocycles.